The minimum absolute atomic E-state index is 0.369. The van der Waals surface area contributed by atoms with Crippen LogP contribution in [0, 0.1) is 6.92 Å². The van der Waals surface area contributed by atoms with Crippen LogP contribution in [0.3, 0.4) is 0 Å². The van der Waals surface area contributed by atoms with Crippen molar-refractivity contribution in [2.75, 3.05) is 11.1 Å². The molecule has 0 aliphatic rings. The van der Waals surface area contributed by atoms with E-state index in [4.69, 9.17) is 0 Å². The Kier molecular flexibility index (Phi) is 5.09. The second kappa shape index (κ2) is 6.81. The average Bonchev–Trinajstić information content (AvgIpc) is 2.82. The molecule has 20 heavy (non-hydrogen) atoms. The first kappa shape index (κ1) is 14.9. The van der Waals surface area contributed by atoms with Crippen molar-refractivity contribution in [2.24, 2.45) is 0 Å². The van der Waals surface area contributed by atoms with E-state index >= 15 is 0 Å². The molecule has 0 aliphatic carbocycles. The highest BCUT2D eigenvalue weighted by molar-refractivity contribution is 7.99. The zero-order chi connectivity index (χ0) is 14.5. The van der Waals surface area contributed by atoms with E-state index in [0.717, 1.165) is 10.6 Å². The molecule has 0 saturated heterocycles. The van der Waals surface area contributed by atoms with Crippen molar-refractivity contribution in [3.05, 3.63) is 45.6 Å². The second-order valence-electron chi connectivity index (χ2n) is 4.30. The number of carboxylic acids is 1. The van der Waals surface area contributed by atoms with Crippen molar-refractivity contribution in [1.29, 1.82) is 0 Å². The predicted octanol–water partition coefficient (Wildman–Crippen LogP) is 4.48. The van der Waals surface area contributed by atoms with Crippen molar-refractivity contribution < 1.29 is 9.90 Å². The van der Waals surface area contributed by atoms with Gasteiger partial charge in [-0.25, -0.2) is 4.79 Å². The van der Waals surface area contributed by atoms with Gasteiger partial charge in [-0.05, 0) is 41.8 Å². The van der Waals surface area contributed by atoms with Gasteiger partial charge in [-0.15, -0.1) is 23.1 Å². The first-order valence-electron chi connectivity index (χ1n) is 6.39. The quantitative estimate of drug-likeness (QED) is 0.773. The number of nitrogens with one attached hydrogen (secondary N) is 1. The maximum absolute atomic E-state index is 11.5. The van der Waals surface area contributed by atoms with Crippen LogP contribution in [-0.4, -0.2) is 16.8 Å². The summed E-state index contributed by atoms with van der Waals surface area (Å²) in [5.41, 5.74) is 2.29. The van der Waals surface area contributed by atoms with Crippen molar-refractivity contribution >= 4 is 34.8 Å². The van der Waals surface area contributed by atoms with Crippen LogP contribution in [0.25, 0.3) is 0 Å². The minimum Gasteiger partial charge on any atom is -0.478 e. The maximum atomic E-state index is 11.5. The number of hydrogen-bond acceptors (Lipinski definition) is 4. The lowest BCUT2D eigenvalue weighted by atomic mass is 10.1. The van der Waals surface area contributed by atoms with Crippen LogP contribution in [0.5, 0.6) is 0 Å². The van der Waals surface area contributed by atoms with Crippen LogP contribution in [0.1, 0.15) is 27.7 Å². The number of aromatic carboxylic acids is 1. The predicted molar refractivity (Wildman–Crippen MR) is 86.2 cm³/mol. The van der Waals surface area contributed by atoms with Gasteiger partial charge in [0.1, 0.15) is 0 Å². The van der Waals surface area contributed by atoms with Gasteiger partial charge in [0.05, 0.1) is 11.3 Å². The fourth-order valence-corrected chi connectivity index (χ4v) is 3.61. The van der Waals surface area contributed by atoms with Crippen molar-refractivity contribution in [2.45, 2.75) is 25.3 Å². The summed E-state index contributed by atoms with van der Waals surface area (Å²) in [5.74, 6) is -0.0275. The molecule has 1 heterocycles. The molecule has 2 rings (SSSR count). The summed E-state index contributed by atoms with van der Waals surface area (Å²) in [4.78, 5) is 13.5. The number of carbonyl (C=O) groups is 1. The fourth-order valence-electron chi connectivity index (χ4n) is 1.94. The number of anilines is 1. The minimum atomic E-state index is -0.882. The van der Waals surface area contributed by atoms with E-state index in [-0.39, 0.29) is 0 Å². The lowest BCUT2D eigenvalue weighted by molar-refractivity contribution is 0.0694. The van der Waals surface area contributed by atoms with Gasteiger partial charge in [-0.2, -0.15) is 0 Å². The van der Waals surface area contributed by atoms with Gasteiger partial charge in [0.15, 0.2) is 0 Å². The SMILES string of the molecule is CCSc1cccc(NCc2sccc2C)c1C(=O)O. The van der Waals surface area contributed by atoms with Gasteiger partial charge in [-0.1, -0.05) is 13.0 Å². The number of aryl methyl sites for hydroxylation is 1. The first-order chi connectivity index (χ1) is 9.63. The van der Waals surface area contributed by atoms with E-state index in [9.17, 15) is 9.90 Å². The lowest BCUT2D eigenvalue weighted by Crippen LogP contribution is -2.07. The molecule has 1 aromatic carbocycles. The van der Waals surface area contributed by atoms with E-state index < -0.39 is 5.97 Å². The molecule has 0 fully saturated rings. The van der Waals surface area contributed by atoms with E-state index in [1.807, 2.05) is 30.5 Å². The average molecular weight is 307 g/mol. The van der Waals surface area contributed by atoms with Crippen LogP contribution < -0.4 is 5.32 Å². The summed E-state index contributed by atoms with van der Waals surface area (Å²) in [5, 5.41) is 14.7. The molecule has 0 atom stereocenters. The summed E-state index contributed by atoms with van der Waals surface area (Å²) in [6, 6.07) is 7.66. The molecule has 3 nitrogen and oxygen atoms in total. The Morgan fingerprint density at radius 3 is 2.80 bits per heavy atom. The Morgan fingerprint density at radius 2 is 2.20 bits per heavy atom. The largest absolute Gasteiger partial charge is 0.478 e. The van der Waals surface area contributed by atoms with E-state index in [1.54, 1.807) is 23.1 Å². The second-order valence-corrected chi connectivity index (χ2v) is 6.60. The molecule has 0 spiro atoms. The molecule has 2 aromatic rings. The molecule has 0 bridgehead atoms. The third-order valence-corrected chi connectivity index (χ3v) is 4.91. The molecular formula is C15H17NO2S2. The Balaban J connectivity index is 2.24. The number of thiophene rings is 1. The molecule has 2 N–H and O–H groups in total. The molecule has 0 amide bonds. The van der Waals surface area contributed by atoms with Crippen LogP contribution in [0.15, 0.2) is 34.5 Å². The topological polar surface area (TPSA) is 49.3 Å². The van der Waals surface area contributed by atoms with Crippen molar-refractivity contribution in [3.8, 4) is 0 Å². The van der Waals surface area contributed by atoms with Crippen LogP contribution in [-0.2, 0) is 6.54 Å². The molecule has 0 radical (unpaired) electrons. The number of hydrogen-bond donors (Lipinski definition) is 2. The number of carboxylic acid groups (broad SMARTS) is 1. The Bertz CT molecular complexity index is 608. The Hall–Kier alpha value is -1.46. The van der Waals surface area contributed by atoms with Gasteiger partial charge < -0.3 is 10.4 Å². The monoisotopic (exact) mass is 307 g/mol. The summed E-state index contributed by atoms with van der Waals surface area (Å²) in [6.07, 6.45) is 0. The van der Waals surface area contributed by atoms with Gasteiger partial charge in [0, 0.05) is 16.3 Å². The van der Waals surface area contributed by atoms with Crippen molar-refractivity contribution in [3.63, 3.8) is 0 Å². The van der Waals surface area contributed by atoms with E-state index in [0.29, 0.717) is 17.8 Å². The smallest absolute Gasteiger partial charge is 0.338 e. The Morgan fingerprint density at radius 1 is 1.40 bits per heavy atom. The van der Waals surface area contributed by atoms with Crippen molar-refractivity contribution in [1.82, 2.24) is 0 Å². The summed E-state index contributed by atoms with van der Waals surface area (Å²) < 4.78 is 0. The number of benzene rings is 1. The third-order valence-electron chi connectivity index (χ3n) is 2.95. The standard InChI is InChI=1S/C15H17NO2S2/c1-3-19-12-6-4-5-11(14(12)15(17)18)16-9-13-10(2)7-8-20-13/h4-8,16H,3,9H2,1-2H3,(H,17,18). The van der Waals surface area contributed by atoms with E-state index in [1.165, 1.54) is 10.4 Å². The highest BCUT2D eigenvalue weighted by Gasteiger charge is 2.15. The summed E-state index contributed by atoms with van der Waals surface area (Å²) in [7, 11) is 0. The zero-order valence-corrected chi connectivity index (χ0v) is 13.1. The molecule has 5 heteroatoms. The highest BCUT2D eigenvalue weighted by Crippen LogP contribution is 2.29. The zero-order valence-electron chi connectivity index (χ0n) is 11.5. The van der Waals surface area contributed by atoms with Gasteiger partial charge in [0.25, 0.3) is 0 Å². The van der Waals surface area contributed by atoms with Crippen LogP contribution in [0.2, 0.25) is 0 Å². The third kappa shape index (κ3) is 3.35. The van der Waals surface area contributed by atoms with Gasteiger partial charge in [0.2, 0.25) is 0 Å². The molecule has 1 aromatic heterocycles. The molecule has 0 unspecified atom stereocenters. The van der Waals surface area contributed by atoms with Crippen LogP contribution >= 0.6 is 23.1 Å². The normalized spacial score (nSPS) is 10.5. The molecule has 0 aliphatic heterocycles. The molecular weight excluding hydrogens is 290 g/mol. The number of rotatable bonds is 6. The van der Waals surface area contributed by atoms with Gasteiger partial charge in [-0.3, -0.25) is 0 Å². The highest BCUT2D eigenvalue weighted by atomic mass is 32.2. The summed E-state index contributed by atoms with van der Waals surface area (Å²) in [6.45, 7) is 4.74. The van der Waals surface area contributed by atoms with Gasteiger partial charge >= 0.3 is 5.97 Å². The maximum Gasteiger partial charge on any atom is 0.338 e. The number of thioether (sulfide) groups is 1. The molecule has 106 valence electrons. The fraction of sp³-hybridized carbons (Fsp3) is 0.267. The Labute approximate surface area is 127 Å². The lowest BCUT2D eigenvalue weighted by Gasteiger charge is -2.12. The summed E-state index contributed by atoms with van der Waals surface area (Å²) >= 11 is 3.24. The van der Waals surface area contributed by atoms with Crippen LogP contribution in [0.4, 0.5) is 5.69 Å². The molecule has 0 saturated carbocycles. The first-order valence-corrected chi connectivity index (χ1v) is 8.26. The van der Waals surface area contributed by atoms with E-state index in [2.05, 4.69) is 18.3 Å².